The highest BCUT2D eigenvalue weighted by molar-refractivity contribution is 5.94. The maximum absolute atomic E-state index is 12.6. The lowest BCUT2D eigenvalue weighted by Crippen LogP contribution is -2.50. The summed E-state index contributed by atoms with van der Waals surface area (Å²) in [5.41, 5.74) is 7.11. The number of piperazine rings is 1. The van der Waals surface area contributed by atoms with Gasteiger partial charge in [-0.2, -0.15) is 0 Å². The van der Waals surface area contributed by atoms with Gasteiger partial charge in [0.05, 0.1) is 0 Å². The minimum atomic E-state index is -0.378. The SMILES string of the molecule is NC(=O)CCCC(=O)N1CCN(C(=O)c2ccc(CC3CC3)cc2)CC1. The highest BCUT2D eigenvalue weighted by Crippen LogP contribution is 2.32. The van der Waals surface area contributed by atoms with Crippen molar-refractivity contribution in [3.8, 4) is 0 Å². The van der Waals surface area contributed by atoms with Gasteiger partial charge in [0, 0.05) is 44.6 Å². The van der Waals surface area contributed by atoms with Crippen LogP contribution in [0.15, 0.2) is 24.3 Å². The lowest BCUT2D eigenvalue weighted by Gasteiger charge is -2.35. The zero-order chi connectivity index (χ0) is 18.5. The van der Waals surface area contributed by atoms with E-state index in [4.69, 9.17) is 5.73 Å². The second kappa shape index (κ2) is 8.34. The first-order valence-corrected chi connectivity index (χ1v) is 9.47. The molecule has 1 saturated heterocycles. The van der Waals surface area contributed by atoms with Crippen LogP contribution >= 0.6 is 0 Å². The van der Waals surface area contributed by atoms with E-state index < -0.39 is 0 Å². The van der Waals surface area contributed by atoms with Crippen molar-refractivity contribution in [3.05, 3.63) is 35.4 Å². The number of carbonyl (C=O) groups is 3. The number of nitrogens with two attached hydrogens (primary N) is 1. The van der Waals surface area contributed by atoms with E-state index in [1.54, 1.807) is 4.90 Å². The molecule has 26 heavy (non-hydrogen) atoms. The molecule has 1 aromatic rings. The zero-order valence-electron chi connectivity index (χ0n) is 15.2. The third-order valence-electron chi connectivity index (χ3n) is 5.16. The van der Waals surface area contributed by atoms with Gasteiger partial charge in [0.2, 0.25) is 11.8 Å². The number of hydrogen-bond acceptors (Lipinski definition) is 3. The normalized spacial score (nSPS) is 17.2. The Morgan fingerprint density at radius 3 is 2.12 bits per heavy atom. The molecule has 2 aliphatic rings. The fourth-order valence-corrected chi connectivity index (χ4v) is 3.35. The summed E-state index contributed by atoms with van der Waals surface area (Å²) in [6, 6.07) is 7.96. The van der Waals surface area contributed by atoms with Crippen molar-refractivity contribution in [1.29, 1.82) is 0 Å². The molecule has 1 saturated carbocycles. The van der Waals surface area contributed by atoms with Crippen LogP contribution in [0.4, 0.5) is 0 Å². The third kappa shape index (κ3) is 5.07. The van der Waals surface area contributed by atoms with Crippen LogP contribution in [-0.2, 0) is 16.0 Å². The molecule has 0 spiro atoms. The smallest absolute Gasteiger partial charge is 0.253 e. The van der Waals surface area contributed by atoms with E-state index in [0.717, 1.165) is 12.3 Å². The summed E-state index contributed by atoms with van der Waals surface area (Å²) < 4.78 is 0. The van der Waals surface area contributed by atoms with Gasteiger partial charge in [0.15, 0.2) is 0 Å². The van der Waals surface area contributed by atoms with Crippen molar-refractivity contribution in [3.63, 3.8) is 0 Å². The van der Waals surface area contributed by atoms with Crippen molar-refractivity contribution >= 4 is 17.7 Å². The average Bonchev–Trinajstić information content (AvgIpc) is 3.45. The Bertz CT molecular complexity index is 659. The molecule has 1 heterocycles. The fourth-order valence-electron chi connectivity index (χ4n) is 3.35. The summed E-state index contributed by atoms with van der Waals surface area (Å²) in [5, 5.41) is 0. The molecule has 3 amide bonds. The molecule has 1 aliphatic carbocycles. The highest BCUT2D eigenvalue weighted by Gasteiger charge is 2.25. The highest BCUT2D eigenvalue weighted by atomic mass is 16.2. The number of primary amides is 1. The van der Waals surface area contributed by atoms with Crippen molar-refractivity contribution in [2.75, 3.05) is 26.2 Å². The van der Waals surface area contributed by atoms with Crippen LogP contribution in [0.25, 0.3) is 0 Å². The maximum Gasteiger partial charge on any atom is 0.253 e. The second-order valence-corrected chi connectivity index (χ2v) is 7.34. The average molecular weight is 357 g/mol. The van der Waals surface area contributed by atoms with Crippen LogP contribution in [0.5, 0.6) is 0 Å². The molecule has 0 bridgehead atoms. The van der Waals surface area contributed by atoms with Gasteiger partial charge >= 0.3 is 0 Å². The lowest BCUT2D eigenvalue weighted by atomic mass is 10.1. The third-order valence-corrected chi connectivity index (χ3v) is 5.16. The lowest BCUT2D eigenvalue weighted by molar-refractivity contribution is -0.132. The zero-order valence-corrected chi connectivity index (χ0v) is 15.2. The molecule has 1 aromatic carbocycles. The first-order chi connectivity index (χ1) is 12.5. The topological polar surface area (TPSA) is 83.7 Å². The van der Waals surface area contributed by atoms with E-state index in [1.165, 1.54) is 18.4 Å². The van der Waals surface area contributed by atoms with E-state index in [9.17, 15) is 14.4 Å². The predicted molar refractivity (Wildman–Crippen MR) is 98.4 cm³/mol. The van der Waals surface area contributed by atoms with Crippen LogP contribution in [0.2, 0.25) is 0 Å². The Morgan fingerprint density at radius 1 is 0.923 bits per heavy atom. The molecular formula is C20H27N3O3. The quantitative estimate of drug-likeness (QED) is 0.804. The Hall–Kier alpha value is -2.37. The van der Waals surface area contributed by atoms with Crippen LogP contribution in [-0.4, -0.2) is 53.7 Å². The molecule has 0 aromatic heterocycles. The number of nitrogens with zero attached hydrogens (tertiary/aromatic N) is 2. The van der Waals surface area contributed by atoms with E-state index in [0.29, 0.717) is 44.6 Å². The van der Waals surface area contributed by atoms with Crippen LogP contribution in [0.1, 0.15) is 48.0 Å². The molecule has 0 atom stereocenters. The van der Waals surface area contributed by atoms with Gasteiger partial charge in [-0.3, -0.25) is 14.4 Å². The van der Waals surface area contributed by atoms with E-state index in [1.807, 2.05) is 17.0 Å². The largest absolute Gasteiger partial charge is 0.370 e. The molecule has 1 aliphatic heterocycles. The Balaban J connectivity index is 1.45. The standard InChI is InChI=1S/C20H27N3O3/c21-18(24)2-1-3-19(25)22-10-12-23(13-11-22)20(26)17-8-6-16(7-9-17)14-15-4-5-15/h6-9,15H,1-5,10-14H2,(H2,21,24). The van der Waals surface area contributed by atoms with Gasteiger partial charge in [0.1, 0.15) is 0 Å². The molecule has 140 valence electrons. The number of amides is 3. The molecule has 0 unspecified atom stereocenters. The predicted octanol–water partition coefficient (Wildman–Crippen LogP) is 1.58. The number of hydrogen-bond donors (Lipinski definition) is 1. The fraction of sp³-hybridized carbons (Fsp3) is 0.550. The second-order valence-electron chi connectivity index (χ2n) is 7.34. The molecule has 6 heteroatoms. The van der Waals surface area contributed by atoms with Crippen molar-refractivity contribution < 1.29 is 14.4 Å². The number of benzene rings is 1. The summed E-state index contributed by atoms with van der Waals surface area (Å²) in [6.45, 7) is 2.18. The van der Waals surface area contributed by atoms with Crippen molar-refractivity contribution in [2.24, 2.45) is 11.7 Å². The van der Waals surface area contributed by atoms with E-state index in [-0.39, 0.29) is 24.1 Å². The van der Waals surface area contributed by atoms with E-state index in [2.05, 4.69) is 12.1 Å². The molecular weight excluding hydrogens is 330 g/mol. The monoisotopic (exact) mass is 357 g/mol. The first kappa shape index (κ1) is 18.4. The summed E-state index contributed by atoms with van der Waals surface area (Å²) in [5.74, 6) is 0.521. The van der Waals surface area contributed by atoms with Gasteiger partial charge in [0.25, 0.3) is 5.91 Å². The Kier molecular flexibility index (Phi) is 5.91. The van der Waals surface area contributed by atoms with Crippen molar-refractivity contribution in [1.82, 2.24) is 9.80 Å². The van der Waals surface area contributed by atoms with E-state index >= 15 is 0 Å². The van der Waals surface area contributed by atoms with Gasteiger partial charge in [-0.1, -0.05) is 12.1 Å². The maximum atomic E-state index is 12.6. The molecule has 2 fully saturated rings. The van der Waals surface area contributed by atoms with Gasteiger partial charge < -0.3 is 15.5 Å². The van der Waals surface area contributed by atoms with Gasteiger partial charge in [-0.15, -0.1) is 0 Å². The van der Waals surface area contributed by atoms with Crippen LogP contribution in [0, 0.1) is 5.92 Å². The molecule has 3 rings (SSSR count). The van der Waals surface area contributed by atoms with Crippen molar-refractivity contribution in [2.45, 2.75) is 38.5 Å². The minimum Gasteiger partial charge on any atom is -0.370 e. The molecule has 0 radical (unpaired) electrons. The number of rotatable bonds is 7. The summed E-state index contributed by atoms with van der Waals surface area (Å²) in [7, 11) is 0. The van der Waals surface area contributed by atoms with Gasteiger partial charge in [-0.25, -0.2) is 0 Å². The molecule has 2 N–H and O–H groups in total. The van der Waals surface area contributed by atoms with Crippen LogP contribution in [0.3, 0.4) is 0 Å². The first-order valence-electron chi connectivity index (χ1n) is 9.47. The summed E-state index contributed by atoms with van der Waals surface area (Å²) >= 11 is 0. The van der Waals surface area contributed by atoms with Crippen LogP contribution < -0.4 is 5.73 Å². The minimum absolute atomic E-state index is 0.0303. The Morgan fingerprint density at radius 2 is 1.54 bits per heavy atom. The molecule has 6 nitrogen and oxygen atoms in total. The summed E-state index contributed by atoms with van der Waals surface area (Å²) in [4.78, 5) is 39.1. The summed E-state index contributed by atoms with van der Waals surface area (Å²) in [6.07, 6.45) is 4.82. The van der Waals surface area contributed by atoms with Gasteiger partial charge in [-0.05, 0) is 49.3 Å². The Labute approximate surface area is 154 Å². The number of carbonyl (C=O) groups excluding carboxylic acids is 3.